The summed E-state index contributed by atoms with van der Waals surface area (Å²) in [6, 6.07) is 8.28. The van der Waals surface area contributed by atoms with Crippen LogP contribution in [0, 0.1) is 12.7 Å². The number of likely N-dealkylation sites (N-methyl/N-ethyl adjacent to an activating group) is 1. The molecule has 1 saturated heterocycles. The average molecular weight is 550 g/mol. The molecule has 4 aromatic rings. The van der Waals surface area contributed by atoms with Gasteiger partial charge < -0.3 is 25.6 Å². The Morgan fingerprint density at radius 2 is 2.18 bits per heavy atom. The van der Waals surface area contributed by atoms with Crippen molar-refractivity contribution < 1.29 is 13.9 Å². The Morgan fingerprint density at radius 1 is 1.31 bits per heavy atom. The van der Waals surface area contributed by atoms with Crippen molar-refractivity contribution in [1.29, 1.82) is 0 Å². The second-order valence-corrected chi connectivity index (χ2v) is 10.8. The van der Waals surface area contributed by atoms with Gasteiger partial charge in [-0.25, -0.2) is 14.4 Å². The molecule has 9 nitrogen and oxygen atoms in total. The first-order chi connectivity index (χ1) is 18.9. The predicted molar refractivity (Wildman–Crippen MR) is 151 cm³/mol. The summed E-state index contributed by atoms with van der Waals surface area (Å²) >= 11 is 1.32. The molecular weight excluding hydrogens is 517 g/mol. The Kier molecular flexibility index (Phi) is 8.30. The number of hydrogen-bond donors (Lipinski definition) is 3. The largest absolute Gasteiger partial charge is 0.487 e. The van der Waals surface area contributed by atoms with Crippen molar-refractivity contribution in [3.63, 3.8) is 0 Å². The molecule has 2 atom stereocenters. The van der Waals surface area contributed by atoms with Gasteiger partial charge in [-0.2, -0.15) is 0 Å². The minimum atomic E-state index is -0.375. The normalized spacial score (nSPS) is 16.3. The first kappa shape index (κ1) is 26.9. The van der Waals surface area contributed by atoms with Crippen molar-refractivity contribution in [2.75, 3.05) is 39.0 Å². The fourth-order valence-corrected chi connectivity index (χ4v) is 5.81. The Labute approximate surface area is 230 Å². The molecule has 1 aliphatic rings. The number of fused-ring (bicyclic) bond motifs is 1. The van der Waals surface area contributed by atoms with Crippen LogP contribution in [-0.2, 0) is 0 Å². The lowest BCUT2D eigenvalue weighted by atomic mass is 10.1. The van der Waals surface area contributed by atoms with Gasteiger partial charge in [-0.15, -0.1) is 11.3 Å². The molecule has 11 heteroatoms. The molecule has 2 unspecified atom stereocenters. The molecule has 0 aliphatic carbocycles. The van der Waals surface area contributed by atoms with Crippen LogP contribution in [-0.4, -0.2) is 65.6 Å². The maximum Gasteiger partial charge on any atom is 0.261 e. The molecule has 4 heterocycles. The molecule has 1 aliphatic heterocycles. The molecule has 204 valence electrons. The zero-order valence-electron chi connectivity index (χ0n) is 22.2. The van der Waals surface area contributed by atoms with Crippen LogP contribution in [0.2, 0.25) is 0 Å². The number of thiophene rings is 1. The molecule has 0 spiro atoms. The van der Waals surface area contributed by atoms with Gasteiger partial charge in [0.05, 0.1) is 22.0 Å². The number of benzene rings is 1. The fourth-order valence-electron chi connectivity index (χ4n) is 4.75. The highest BCUT2D eigenvalue weighted by atomic mass is 32.1. The maximum atomic E-state index is 14.1. The Morgan fingerprint density at radius 3 is 2.92 bits per heavy atom. The van der Waals surface area contributed by atoms with Crippen LogP contribution in [0.25, 0.3) is 10.2 Å². The van der Waals surface area contributed by atoms with Gasteiger partial charge in [-0.05, 0) is 69.7 Å². The van der Waals surface area contributed by atoms with Gasteiger partial charge in [0.15, 0.2) is 0 Å². The topological polar surface area (TPSA) is 104 Å². The van der Waals surface area contributed by atoms with Crippen LogP contribution in [0.4, 0.5) is 15.9 Å². The van der Waals surface area contributed by atoms with E-state index in [1.54, 1.807) is 12.3 Å². The highest BCUT2D eigenvalue weighted by Gasteiger charge is 2.23. The SMILES string of the molecule is Cc1c(C(=O)NCC(c2cccnc2)N(C)C)sc2ncnc(Nc3ccc(F)cc3OC3CCCNC3)c12. The molecule has 3 aromatic heterocycles. The first-order valence-electron chi connectivity index (χ1n) is 12.9. The summed E-state index contributed by atoms with van der Waals surface area (Å²) in [6.45, 7) is 3.99. The Balaban J connectivity index is 1.38. The minimum Gasteiger partial charge on any atom is -0.487 e. The van der Waals surface area contributed by atoms with Gasteiger partial charge in [0, 0.05) is 31.5 Å². The number of piperidine rings is 1. The number of carbonyl (C=O) groups is 1. The number of amides is 1. The van der Waals surface area contributed by atoms with Crippen LogP contribution in [0.3, 0.4) is 0 Å². The second kappa shape index (κ2) is 12.0. The molecule has 0 saturated carbocycles. The van der Waals surface area contributed by atoms with E-state index in [4.69, 9.17) is 4.74 Å². The van der Waals surface area contributed by atoms with Crippen molar-refractivity contribution in [1.82, 2.24) is 30.5 Å². The smallest absolute Gasteiger partial charge is 0.261 e. The van der Waals surface area contributed by atoms with E-state index in [2.05, 4.69) is 30.9 Å². The van der Waals surface area contributed by atoms with Crippen molar-refractivity contribution in [3.8, 4) is 5.75 Å². The number of aromatic nitrogens is 3. The molecule has 0 bridgehead atoms. The molecular formula is C28H32FN7O2S. The maximum absolute atomic E-state index is 14.1. The summed E-state index contributed by atoms with van der Waals surface area (Å²) in [5, 5.41) is 10.4. The van der Waals surface area contributed by atoms with Crippen LogP contribution in [0.1, 0.15) is 39.7 Å². The lowest BCUT2D eigenvalue weighted by Crippen LogP contribution is -2.37. The average Bonchev–Trinajstić information content (AvgIpc) is 3.28. The van der Waals surface area contributed by atoms with Gasteiger partial charge in [0.2, 0.25) is 0 Å². The number of ether oxygens (including phenoxy) is 1. The number of hydrogen-bond acceptors (Lipinski definition) is 9. The van der Waals surface area contributed by atoms with Gasteiger partial charge in [0.25, 0.3) is 5.91 Å². The number of nitrogens with zero attached hydrogens (tertiary/aromatic N) is 4. The van der Waals surface area contributed by atoms with Crippen LogP contribution >= 0.6 is 11.3 Å². The lowest BCUT2D eigenvalue weighted by Gasteiger charge is -2.25. The van der Waals surface area contributed by atoms with Crippen LogP contribution < -0.4 is 20.7 Å². The van der Waals surface area contributed by atoms with E-state index in [0.29, 0.717) is 40.1 Å². The zero-order valence-corrected chi connectivity index (χ0v) is 23.0. The third kappa shape index (κ3) is 6.16. The predicted octanol–water partition coefficient (Wildman–Crippen LogP) is 4.44. The quantitative estimate of drug-likeness (QED) is 0.282. The lowest BCUT2D eigenvalue weighted by molar-refractivity contribution is 0.0945. The molecule has 5 rings (SSSR count). The Hall–Kier alpha value is -3.67. The molecule has 1 amide bonds. The molecule has 0 radical (unpaired) electrons. The highest BCUT2D eigenvalue weighted by Crippen LogP contribution is 2.37. The minimum absolute atomic E-state index is 0.0226. The number of halogens is 1. The molecule has 1 aromatic carbocycles. The van der Waals surface area contributed by atoms with E-state index < -0.39 is 0 Å². The summed E-state index contributed by atoms with van der Waals surface area (Å²) in [7, 11) is 3.94. The van der Waals surface area contributed by atoms with E-state index in [-0.39, 0.29) is 23.9 Å². The van der Waals surface area contributed by atoms with E-state index in [1.165, 1.54) is 29.8 Å². The van der Waals surface area contributed by atoms with Gasteiger partial charge >= 0.3 is 0 Å². The number of anilines is 2. The van der Waals surface area contributed by atoms with E-state index >= 15 is 0 Å². The van der Waals surface area contributed by atoms with Gasteiger partial charge in [-0.3, -0.25) is 9.78 Å². The number of rotatable bonds is 9. The zero-order chi connectivity index (χ0) is 27.4. The van der Waals surface area contributed by atoms with Crippen molar-refractivity contribution in [2.45, 2.75) is 31.9 Å². The Bertz CT molecular complexity index is 1440. The standard InChI is InChI=1S/C28H32FN7O2S/c1-17-24-26(35-21-9-8-19(29)12-23(21)38-20-7-5-11-31-14-20)33-16-34-28(24)39-25(17)27(37)32-15-22(36(2)3)18-6-4-10-30-13-18/h4,6,8-10,12-13,16,20,22,31H,5,7,11,14-15H2,1-3H3,(H,32,37)(H,33,34,35). The number of nitrogens with one attached hydrogen (secondary N) is 3. The van der Waals surface area contributed by atoms with Gasteiger partial charge in [0.1, 0.15) is 34.6 Å². The van der Waals surface area contributed by atoms with E-state index in [1.807, 2.05) is 44.2 Å². The summed E-state index contributed by atoms with van der Waals surface area (Å²) in [4.78, 5) is 29.7. The van der Waals surface area contributed by atoms with E-state index in [0.717, 1.165) is 35.9 Å². The number of carbonyl (C=O) groups excluding carboxylic acids is 1. The van der Waals surface area contributed by atoms with Gasteiger partial charge in [-0.1, -0.05) is 6.07 Å². The molecule has 39 heavy (non-hydrogen) atoms. The summed E-state index contributed by atoms with van der Waals surface area (Å²) < 4.78 is 20.3. The summed E-state index contributed by atoms with van der Waals surface area (Å²) in [6.07, 6.45) is 6.87. The third-order valence-electron chi connectivity index (χ3n) is 6.82. The van der Waals surface area contributed by atoms with Crippen molar-refractivity contribution >= 4 is 39.0 Å². The molecule has 1 fully saturated rings. The highest BCUT2D eigenvalue weighted by molar-refractivity contribution is 7.20. The van der Waals surface area contributed by atoms with Crippen molar-refractivity contribution in [2.24, 2.45) is 0 Å². The van der Waals surface area contributed by atoms with Crippen molar-refractivity contribution in [3.05, 3.63) is 70.9 Å². The van der Waals surface area contributed by atoms with E-state index in [9.17, 15) is 9.18 Å². The summed E-state index contributed by atoms with van der Waals surface area (Å²) in [5.74, 6) is 0.409. The monoisotopic (exact) mass is 549 g/mol. The molecule has 3 N–H and O–H groups in total. The second-order valence-electron chi connectivity index (χ2n) is 9.79. The summed E-state index contributed by atoms with van der Waals surface area (Å²) in [5.41, 5.74) is 2.40. The number of aryl methyl sites for hydroxylation is 1. The number of pyridine rings is 1. The fraction of sp³-hybridized carbons (Fsp3) is 0.357. The third-order valence-corrected chi connectivity index (χ3v) is 8.02. The van der Waals surface area contributed by atoms with Crippen LogP contribution in [0.15, 0.2) is 49.1 Å². The van der Waals surface area contributed by atoms with Crippen LogP contribution in [0.5, 0.6) is 5.75 Å². The first-order valence-corrected chi connectivity index (χ1v) is 13.7.